The number of aryl methyl sites for hydroxylation is 2. The minimum Gasteiger partial charge on any atom is -0.268 e. The van der Waals surface area contributed by atoms with Gasteiger partial charge in [-0.1, -0.05) is 35.9 Å². The number of sulfonamides is 1. The molecular formula is C22H20N2O5S. The van der Waals surface area contributed by atoms with Crippen LogP contribution in [0.2, 0.25) is 0 Å². The van der Waals surface area contributed by atoms with Crippen LogP contribution in [0.25, 0.3) is 0 Å². The fourth-order valence-electron chi connectivity index (χ4n) is 2.99. The number of nitro groups is 1. The van der Waals surface area contributed by atoms with Crippen LogP contribution in [0.15, 0.2) is 71.6 Å². The van der Waals surface area contributed by atoms with E-state index in [1.807, 2.05) is 19.9 Å². The summed E-state index contributed by atoms with van der Waals surface area (Å²) in [7, 11) is -4.28. The second-order valence-electron chi connectivity index (χ2n) is 6.91. The number of nitrogens with zero attached hydrogens (tertiary/aromatic N) is 2. The number of hydrogen-bond donors (Lipinski definition) is 0. The lowest BCUT2D eigenvalue weighted by molar-refractivity contribution is -0.384. The topological polar surface area (TPSA) is 97.6 Å². The molecule has 7 nitrogen and oxygen atoms in total. The summed E-state index contributed by atoms with van der Waals surface area (Å²) in [5, 5.41) is 11.1. The first-order valence-electron chi connectivity index (χ1n) is 9.10. The Hall–Kier alpha value is -3.52. The molecule has 0 aliphatic heterocycles. The number of amides is 1. The highest BCUT2D eigenvalue weighted by molar-refractivity contribution is 7.93. The molecule has 1 amide bonds. The van der Waals surface area contributed by atoms with Crippen molar-refractivity contribution >= 4 is 27.3 Å². The second kappa shape index (κ2) is 8.08. The SMILES string of the molecule is Cc1ccc(S(=O)(=O)N(C(=O)c2cccc([N+](=O)[O-])c2)c2cccc(C)c2C)cc1. The summed E-state index contributed by atoms with van der Waals surface area (Å²) in [6.45, 7) is 5.36. The van der Waals surface area contributed by atoms with Crippen molar-refractivity contribution in [3.05, 3.63) is 99.1 Å². The third-order valence-electron chi connectivity index (χ3n) is 4.84. The van der Waals surface area contributed by atoms with E-state index >= 15 is 0 Å². The molecular weight excluding hydrogens is 404 g/mol. The maximum Gasteiger partial charge on any atom is 0.272 e. The summed E-state index contributed by atoms with van der Waals surface area (Å²) < 4.78 is 27.7. The van der Waals surface area contributed by atoms with Crippen molar-refractivity contribution < 1.29 is 18.1 Å². The number of carbonyl (C=O) groups excluding carboxylic acids is 1. The molecule has 0 aliphatic carbocycles. The Morgan fingerprint density at radius 2 is 1.57 bits per heavy atom. The number of nitro benzene ring substituents is 1. The fraction of sp³-hybridized carbons (Fsp3) is 0.136. The monoisotopic (exact) mass is 424 g/mol. The predicted octanol–water partition coefficient (Wildman–Crippen LogP) is 4.56. The molecule has 30 heavy (non-hydrogen) atoms. The Morgan fingerprint density at radius 3 is 2.20 bits per heavy atom. The molecule has 0 fully saturated rings. The average molecular weight is 424 g/mol. The summed E-state index contributed by atoms with van der Waals surface area (Å²) >= 11 is 0. The van der Waals surface area contributed by atoms with E-state index in [1.54, 1.807) is 31.2 Å². The molecule has 0 heterocycles. The average Bonchev–Trinajstić information content (AvgIpc) is 2.71. The van der Waals surface area contributed by atoms with Gasteiger partial charge in [-0.25, -0.2) is 8.42 Å². The third kappa shape index (κ3) is 3.95. The van der Waals surface area contributed by atoms with Crippen LogP contribution in [-0.2, 0) is 10.0 Å². The van der Waals surface area contributed by atoms with Crippen LogP contribution in [0.1, 0.15) is 27.0 Å². The highest BCUT2D eigenvalue weighted by Crippen LogP contribution is 2.31. The number of carbonyl (C=O) groups is 1. The summed E-state index contributed by atoms with van der Waals surface area (Å²) in [6, 6.07) is 16.2. The van der Waals surface area contributed by atoms with Gasteiger partial charge < -0.3 is 0 Å². The zero-order valence-corrected chi connectivity index (χ0v) is 17.5. The Kier molecular flexibility index (Phi) is 5.71. The van der Waals surface area contributed by atoms with E-state index in [1.165, 1.54) is 30.3 Å². The lowest BCUT2D eigenvalue weighted by atomic mass is 10.1. The van der Waals surface area contributed by atoms with E-state index in [4.69, 9.17) is 0 Å². The van der Waals surface area contributed by atoms with Crippen molar-refractivity contribution in [3.63, 3.8) is 0 Å². The van der Waals surface area contributed by atoms with Crippen LogP contribution in [0, 0.1) is 30.9 Å². The molecule has 0 bridgehead atoms. The number of anilines is 1. The van der Waals surface area contributed by atoms with Gasteiger partial charge in [-0.2, -0.15) is 4.31 Å². The molecule has 0 unspecified atom stereocenters. The van der Waals surface area contributed by atoms with E-state index in [0.29, 0.717) is 5.56 Å². The lowest BCUT2D eigenvalue weighted by Crippen LogP contribution is -2.37. The number of rotatable bonds is 5. The number of hydrogen-bond acceptors (Lipinski definition) is 5. The first kappa shape index (κ1) is 21.2. The molecule has 0 N–H and O–H groups in total. The van der Waals surface area contributed by atoms with Crippen molar-refractivity contribution in [2.75, 3.05) is 4.31 Å². The van der Waals surface area contributed by atoms with Gasteiger partial charge in [0.2, 0.25) is 0 Å². The Morgan fingerprint density at radius 1 is 0.933 bits per heavy atom. The van der Waals surface area contributed by atoms with Gasteiger partial charge >= 0.3 is 0 Å². The smallest absolute Gasteiger partial charge is 0.268 e. The number of non-ortho nitro benzene ring substituents is 1. The first-order chi connectivity index (χ1) is 14.1. The molecule has 8 heteroatoms. The third-order valence-corrected chi connectivity index (χ3v) is 6.55. The van der Waals surface area contributed by atoms with Crippen LogP contribution in [-0.4, -0.2) is 19.2 Å². The standard InChI is InChI=1S/C22H20N2O5S/c1-15-10-12-20(13-11-15)30(28,29)23(21-9-4-6-16(2)17(21)3)22(25)18-7-5-8-19(14-18)24(26)27/h4-14H,1-3H3. The predicted molar refractivity (Wildman–Crippen MR) is 114 cm³/mol. The molecule has 0 aliphatic rings. The van der Waals surface area contributed by atoms with E-state index < -0.39 is 20.9 Å². The first-order valence-corrected chi connectivity index (χ1v) is 10.5. The van der Waals surface area contributed by atoms with E-state index in [9.17, 15) is 23.3 Å². The molecule has 0 spiro atoms. The molecule has 0 atom stereocenters. The van der Waals surface area contributed by atoms with Crippen molar-refractivity contribution in [1.82, 2.24) is 0 Å². The van der Waals surface area contributed by atoms with Gasteiger partial charge in [0.1, 0.15) is 0 Å². The summed E-state index contributed by atoms with van der Waals surface area (Å²) in [6.07, 6.45) is 0. The Bertz CT molecular complexity index is 1230. The zero-order chi connectivity index (χ0) is 22.1. The molecule has 3 aromatic rings. The number of benzene rings is 3. The van der Waals surface area contributed by atoms with Crippen LogP contribution < -0.4 is 4.31 Å². The molecule has 154 valence electrons. The molecule has 0 radical (unpaired) electrons. The molecule has 3 aromatic carbocycles. The molecule has 0 aromatic heterocycles. The minimum absolute atomic E-state index is 0.0483. The summed E-state index contributed by atoms with van der Waals surface area (Å²) in [5.41, 5.74) is 2.11. The van der Waals surface area contributed by atoms with Crippen LogP contribution in [0.3, 0.4) is 0 Å². The van der Waals surface area contributed by atoms with Gasteiger partial charge in [0.25, 0.3) is 21.6 Å². The summed E-state index contributed by atoms with van der Waals surface area (Å²) in [4.78, 5) is 23.8. The normalized spacial score (nSPS) is 11.2. The zero-order valence-electron chi connectivity index (χ0n) is 16.7. The van der Waals surface area contributed by atoms with Gasteiger partial charge in [0.15, 0.2) is 0 Å². The van der Waals surface area contributed by atoms with Crippen molar-refractivity contribution in [3.8, 4) is 0 Å². The maximum atomic E-state index is 13.5. The van der Waals surface area contributed by atoms with Gasteiger partial charge in [-0.05, 0) is 56.2 Å². The molecule has 0 saturated carbocycles. The van der Waals surface area contributed by atoms with Gasteiger partial charge in [0, 0.05) is 17.7 Å². The lowest BCUT2D eigenvalue weighted by Gasteiger charge is -2.25. The minimum atomic E-state index is -4.28. The second-order valence-corrected chi connectivity index (χ2v) is 8.70. The Balaban J connectivity index is 2.24. The largest absolute Gasteiger partial charge is 0.272 e. The van der Waals surface area contributed by atoms with E-state index in [2.05, 4.69) is 0 Å². The highest BCUT2D eigenvalue weighted by atomic mass is 32.2. The van der Waals surface area contributed by atoms with Crippen LogP contribution in [0.5, 0.6) is 0 Å². The van der Waals surface area contributed by atoms with Crippen molar-refractivity contribution in [2.45, 2.75) is 25.7 Å². The van der Waals surface area contributed by atoms with Crippen LogP contribution >= 0.6 is 0 Å². The molecule has 0 saturated heterocycles. The van der Waals surface area contributed by atoms with Gasteiger partial charge in [-0.3, -0.25) is 14.9 Å². The summed E-state index contributed by atoms with van der Waals surface area (Å²) in [5.74, 6) is -0.868. The van der Waals surface area contributed by atoms with Gasteiger partial charge in [0.05, 0.1) is 15.5 Å². The van der Waals surface area contributed by atoms with Crippen LogP contribution in [0.4, 0.5) is 11.4 Å². The van der Waals surface area contributed by atoms with Crippen molar-refractivity contribution in [2.24, 2.45) is 0 Å². The maximum absolute atomic E-state index is 13.5. The quantitative estimate of drug-likeness (QED) is 0.442. The highest BCUT2D eigenvalue weighted by Gasteiger charge is 2.33. The van der Waals surface area contributed by atoms with Gasteiger partial charge in [-0.15, -0.1) is 0 Å². The van der Waals surface area contributed by atoms with Crippen molar-refractivity contribution in [1.29, 1.82) is 0 Å². The molecule has 3 rings (SSSR count). The van der Waals surface area contributed by atoms with E-state index in [0.717, 1.165) is 21.5 Å². The fourth-order valence-corrected chi connectivity index (χ4v) is 4.46. The van der Waals surface area contributed by atoms with E-state index in [-0.39, 0.29) is 21.8 Å². The Labute approximate surface area is 174 Å².